The Morgan fingerprint density at radius 1 is 1.28 bits per heavy atom. The van der Waals surface area contributed by atoms with Gasteiger partial charge >= 0.3 is 5.56 Å². The van der Waals surface area contributed by atoms with Crippen molar-refractivity contribution in [2.45, 2.75) is 57.6 Å². The minimum absolute atomic E-state index is 0.153. The number of benzene rings is 1. The maximum atomic E-state index is 13.4. The van der Waals surface area contributed by atoms with E-state index in [0.29, 0.717) is 49.2 Å². The summed E-state index contributed by atoms with van der Waals surface area (Å²) in [6.45, 7) is 4.52. The summed E-state index contributed by atoms with van der Waals surface area (Å²) in [4.78, 5) is 15.3. The molecule has 4 heterocycles. The Kier molecular flexibility index (Phi) is 5.46. The van der Waals surface area contributed by atoms with Crippen molar-refractivity contribution in [2.24, 2.45) is 0 Å². The molecule has 170 valence electrons. The van der Waals surface area contributed by atoms with Gasteiger partial charge in [-0.25, -0.2) is 13.9 Å². The zero-order chi connectivity index (χ0) is 22.4. The third kappa shape index (κ3) is 3.59. The molecule has 2 aromatic heterocycles. The Morgan fingerprint density at radius 2 is 2.06 bits per heavy atom. The highest BCUT2D eigenvalue weighted by Crippen LogP contribution is 2.32. The SMILES string of the molecule is Cc1c(CCN2CCC(c3noc4cc(F)ccc34)CC2)c(=O)n2c([n+]1[O-])C(O)CCC2. The third-order valence-electron chi connectivity index (χ3n) is 7.00. The molecular weight excluding hydrogens is 415 g/mol. The standard InChI is InChI=1S/C23H27FN4O4/c1-14-17(23(30)27-9-2-3-19(29)22(27)28(14)31)8-12-26-10-6-15(7-11-26)21-18-5-4-16(24)13-20(18)32-25-21/h4-5,13,15,19,29H,2-3,6-12H2,1H3. The van der Waals surface area contributed by atoms with Crippen LogP contribution >= 0.6 is 0 Å². The van der Waals surface area contributed by atoms with Crippen LogP contribution < -0.4 is 10.3 Å². The zero-order valence-corrected chi connectivity index (χ0v) is 18.1. The first kappa shape index (κ1) is 21.1. The minimum atomic E-state index is -0.884. The highest BCUT2D eigenvalue weighted by molar-refractivity contribution is 5.79. The Balaban J connectivity index is 1.26. The number of halogens is 1. The van der Waals surface area contributed by atoms with Crippen LogP contribution in [0.3, 0.4) is 0 Å². The number of aliphatic hydroxyl groups is 1. The van der Waals surface area contributed by atoms with E-state index in [4.69, 9.17) is 4.52 Å². The number of nitrogens with zero attached hydrogens (tertiary/aromatic N) is 4. The fourth-order valence-corrected chi connectivity index (χ4v) is 5.14. The van der Waals surface area contributed by atoms with Crippen molar-refractivity contribution in [1.82, 2.24) is 14.6 Å². The molecule has 2 aliphatic rings. The normalized spacial score (nSPS) is 20.0. The van der Waals surface area contributed by atoms with Crippen molar-refractivity contribution in [3.8, 4) is 0 Å². The summed E-state index contributed by atoms with van der Waals surface area (Å²) < 4.78 is 20.9. The predicted octanol–water partition coefficient (Wildman–Crippen LogP) is 2.32. The van der Waals surface area contributed by atoms with Crippen LogP contribution in [0.1, 0.15) is 60.5 Å². The van der Waals surface area contributed by atoms with Crippen LogP contribution in [0.2, 0.25) is 0 Å². The molecule has 0 aliphatic carbocycles. The van der Waals surface area contributed by atoms with Gasteiger partial charge < -0.3 is 19.7 Å². The maximum Gasteiger partial charge on any atom is 0.340 e. The second-order valence-electron chi connectivity index (χ2n) is 8.91. The van der Waals surface area contributed by atoms with Gasteiger partial charge in [-0.3, -0.25) is 0 Å². The molecule has 1 N–H and O–H groups in total. The van der Waals surface area contributed by atoms with Gasteiger partial charge in [0.1, 0.15) is 11.5 Å². The van der Waals surface area contributed by atoms with Crippen LogP contribution in [0.15, 0.2) is 27.5 Å². The Hall–Kier alpha value is -2.78. The van der Waals surface area contributed by atoms with Gasteiger partial charge in [0.2, 0.25) is 0 Å². The Bertz CT molecular complexity index is 1210. The second kappa shape index (κ2) is 8.29. The number of rotatable bonds is 4. The fourth-order valence-electron chi connectivity index (χ4n) is 5.14. The first-order chi connectivity index (χ1) is 15.4. The van der Waals surface area contributed by atoms with Gasteiger partial charge in [0.25, 0.3) is 5.82 Å². The van der Waals surface area contributed by atoms with Crippen LogP contribution in [0.25, 0.3) is 11.0 Å². The van der Waals surface area contributed by atoms with Crippen molar-refractivity contribution in [1.29, 1.82) is 0 Å². The molecule has 2 aliphatic heterocycles. The number of aliphatic hydroxyl groups excluding tert-OH is 1. The van der Waals surface area contributed by atoms with Crippen molar-refractivity contribution in [2.75, 3.05) is 19.6 Å². The highest BCUT2D eigenvalue weighted by atomic mass is 19.1. The number of fused-ring (bicyclic) bond motifs is 2. The molecule has 1 atom stereocenters. The second-order valence-corrected chi connectivity index (χ2v) is 8.91. The third-order valence-corrected chi connectivity index (χ3v) is 7.00. The Morgan fingerprint density at radius 3 is 2.84 bits per heavy atom. The molecule has 1 unspecified atom stereocenters. The summed E-state index contributed by atoms with van der Waals surface area (Å²) in [6.07, 6.45) is 2.60. The monoisotopic (exact) mass is 442 g/mol. The van der Waals surface area contributed by atoms with Crippen molar-refractivity contribution >= 4 is 11.0 Å². The van der Waals surface area contributed by atoms with E-state index in [1.54, 1.807) is 13.0 Å². The van der Waals surface area contributed by atoms with Crippen LogP contribution in [-0.4, -0.2) is 39.4 Å². The summed E-state index contributed by atoms with van der Waals surface area (Å²) in [5.74, 6) is 0.0831. The predicted molar refractivity (Wildman–Crippen MR) is 115 cm³/mol. The topological polar surface area (TPSA) is 98.4 Å². The van der Waals surface area contributed by atoms with E-state index >= 15 is 0 Å². The van der Waals surface area contributed by atoms with E-state index in [2.05, 4.69) is 10.1 Å². The van der Waals surface area contributed by atoms with Crippen molar-refractivity contribution in [3.63, 3.8) is 0 Å². The minimum Gasteiger partial charge on any atom is -0.711 e. The van der Waals surface area contributed by atoms with Gasteiger partial charge in [0.05, 0.1) is 17.8 Å². The average Bonchev–Trinajstić information content (AvgIpc) is 3.21. The number of piperidine rings is 1. The smallest absolute Gasteiger partial charge is 0.340 e. The molecule has 0 radical (unpaired) electrons. The van der Waals surface area contributed by atoms with Gasteiger partial charge in [-0.15, -0.1) is 0 Å². The van der Waals surface area contributed by atoms with Crippen LogP contribution in [0.4, 0.5) is 4.39 Å². The first-order valence-electron chi connectivity index (χ1n) is 11.2. The average molecular weight is 442 g/mol. The first-order valence-corrected chi connectivity index (χ1v) is 11.2. The van der Waals surface area contributed by atoms with E-state index in [1.807, 2.05) is 0 Å². The molecule has 0 bridgehead atoms. The summed E-state index contributed by atoms with van der Waals surface area (Å²) in [5, 5.41) is 27.9. The number of hydrogen-bond acceptors (Lipinski definition) is 6. The van der Waals surface area contributed by atoms with Gasteiger partial charge in [-0.05, 0) is 64.3 Å². The molecule has 3 aromatic rings. The lowest BCUT2D eigenvalue weighted by Crippen LogP contribution is -2.49. The lowest BCUT2D eigenvalue weighted by molar-refractivity contribution is -0.632. The molecular formula is C23H27FN4O4. The number of hydrogen-bond donors (Lipinski definition) is 1. The molecule has 9 heteroatoms. The Labute approximate surface area is 184 Å². The molecule has 32 heavy (non-hydrogen) atoms. The molecule has 8 nitrogen and oxygen atoms in total. The summed E-state index contributed by atoms with van der Waals surface area (Å²) in [5.41, 5.74) is 2.12. The molecule has 1 fully saturated rings. The summed E-state index contributed by atoms with van der Waals surface area (Å²) in [6, 6.07) is 4.52. The summed E-state index contributed by atoms with van der Waals surface area (Å²) in [7, 11) is 0. The largest absolute Gasteiger partial charge is 0.711 e. The molecule has 0 saturated carbocycles. The lowest BCUT2D eigenvalue weighted by Gasteiger charge is -2.31. The quantitative estimate of drug-likeness (QED) is 0.492. The summed E-state index contributed by atoms with van der Waals surface area (Å²) >= 11 is 0. The molecule has 1 saturated heterocycles. The number of likely N-dealkylation sites (tertiary alicyclic amines) is 1. The molecule has 5 rings (SSSR count). The molecule has 1 aromatic carbocycles. The van der Waals surface area contributed by atoms with E-state index in [-0.39, 0.29) is 23.1 Å². The molecule has 0 amide bonds. The van der Waals surface area contributed by atoms with Crippen LogP contribution in [0.5, 0.6) is 0 Å². The van der Waals surface area contributed by atoms with E-state index in [0.717, 1.165) is 41.7 Å². The fraction of sp³-hybridized carbons (Fsp3) is 0.522. The highest BCUT2D eigenvalue weighted by Gasteiger charge is 2.32. The zero-order valence-electron chi connectivity index (χ0n) is 18.1. The lowest BCUT2D eigenvalue weighted by atomic mass is 9.91. The van der Waals surface area contributed by atoms with E-state index in [9.17, 15) is 19.5 Å². The van der Waals surface area contributed by atoms with Gasteiger partial charge in [0.15, 0.2) is 11.7 Å². The van der Waals surface area contributed by atoms with E-state index < -0.39 is 6.10 Å². The van der Waals surface area contributed by atoms with Crippen LogP contribution in [0, 0.1) is 17.9 Å². The number of aromatic nitrogens is 3. The van der Waals surface area contributed by atoms with Crippen molar-refractivity contribution < 1.29 is 18.8 Å². The maximum absolute atomic E-state index is 13.4. The van der Waals surface area contributed by atoms with Crippen LogP contribution in [-0.2, 0) is 13.0 Å². The van der Waals surface area contributed by atoms with Crippen molar-refractivity contribution in [3.05, 3.63) is 62.4 Å². The van der Waals surface area contributed by atoms with E-state index in [1.165, 1.54) is 16.7 Å². The van der Waals surface area contributed by atoms with Gasteiger partial charge in [-0.2, -0.15) is 4.57 Å². The van der Waals surface area contributed by atoms with Gasteiger partial charge in [0, 0.05) is 23.9 Å². The van der Waals surface area contributed by atoms with Gasteiger partial charge in [-0.1, -0.05) is 5.16 Å². The molecule has 0 spiro atoms.